The molecule has 3 unspecified atom stereocenters. The van der Waals surface area contributed by atoms with Gasteiger partial charge in [-0.15, -0.1) is 0 Å². The van der Waals surface area contributed by atoms with Crippen LogP contribution in [0.5, 0.6) is 0 Å². The summed E-state index contributed by atoms with van der Waals surface area (Å²) >= 11 is 0. The number of esters is 1. The predicted molar refractivity (Wildman–Crippen MR) is 312 cm³/mol. The van der Waals surface area contributed by atoms with Gasteiger partial charge in [-0.1, -0.05) is 237 Å². The normalized spacial score (nSPS) is 14.0. The number of allylic oxidation sites excluding steroid dienone is 7. The second kappa shape index (κ2) is 53.4. The Kier molecular flexibility index (Phi) is 51.9. The van der Waals surface area contributed by atoms with Gasteiger partial charge >= 0.3 is 5.97 Å². The quantitative estimate of drug-likeness (QED) is 0.0212. The van der Waals surface area contributed by atoms with E-state index in [4.69, 9.17) is 13.8 Å². The molecule has 9 nitrogen and oxygen atoms in total. The average molecular weight is 1050 g/mol. The zero-order chi connectivity index (χ0) is 53.6. The maximum absolute atomic E-state index is 13.5. The van der Waals surface area contributed by atoms with Crippen molar-refractivity contribution in [2.75, 3.05) is 40.9 Å². The Bertz CT molecular complexity index is 1390. The molecule has 10 heteroatoms. The van der Waals surface area contributed by atoms with Crippen molar-refractivity contribution in [2.24, 2.45) is 0 Å². The van der Waals surface area contributed by atoms with E-state index in [0.717, 1.165) is 70.6 Å². The molecule has 73 heavy (non-hydrogen) atoms. The molecule has 3 atom stereocenters. The van der Waals surface area contributed by atoms with Crippen LogP contribution in [0.4, 0.5) is 0 Å². The molecule has 1 N–H and O–H groups in total. The first-order valence-corrected chi connectivity index (χ1v) is 32.4. The number of nitrogens with zero attached hydrogens (tertiary/aromatic N) is 1. The highest BCUT2D eigenvalue weighted by Gasteiger charge is 2.27. The number of likely N-dealkylation sites (N-methyl/N-ethyl adjacent to an activating group) is 1. The number of carbonyl (C=O) groups is 2. The first kappa shape index (κ1) is 71.0. The minimum absolute atomic E-state index is 0.0248. The van der Waals surface area contributed by atoms with Crippen molar-refractivity contribution >= 4 is 19.7 Å². The minimum atomic E-state index is -4.70. The smallest absolute Gasteiger partial charge is 0.306 e. The van der Waals surface area contributed by atoms with Gasteiger partial charge in [0.25, 0.3) is 7.82 Å². The molecule has 0 aliphatic carbocycles. The van der Waals surface area contributed by atoms with E-state index in [1.54, 1.807) is 0 Å². The molecular formula is C63H119N2O7P. The first-order chi connectivity index (χ1) is 35.4. The van der Waals surface area contributed by atoms with Crippen molar-refractivity contribution in [3.8, 4) is 0 Å². The summed E-state index contributed by atoms with van der Waals surface area (Å²) in [6.45, 7) is 6.82. The van der Waals surface area contributed by atoms with Crippen molar-refractivity contribution in [1.29, 1.82) is 0 Å². The Balaban J connectivity index is 5.23. The van der Waals surface area contributed by atoms with Gasteiger partial charge in [0, 0.05) is 12.8 Å². The first-order valence-electron chi connectivity index (χ1n) is 30.9. The van der Waals surface area contributed by atoms with E-state index in [2.05, 4.69) is 62.5 Å². The molecule has 428 valence electrons. The van der Waals surface area contributed by atoms with E-state index >= 15 is 0 Å². The number of hydrogen-bond donors (Lipinski definition) is 1. The van der Waals surface area contributed by atoms with Crippen LogP contribution < -0.4 is 10.2 Å². The van der Waals surface area contributed by atoms with Crippen molar-refractivity contribution in [3.63, 3.8) is 0 Å². The van der Waals surface area contributed by atoms with E-state index in [1.807, 2.05) is 33.3 Å². The lowest BCUT2D eigenvalue weighted by Crippen LogP contribution is -2.47. The molecule has 0 heterocycles. The third-order valence-electron chi connectivity index (χ3n) is 13.7. The summed E-state index contributed by atoms with van der Waals surface area (Å²) in [6, 6.07) is -0.895. The van der Waals surface area contributed by atoms with E-state index in [0.29, 0.717) is 23.9 Å². The van der Waals surface area contributed by atoms with Crippen molar-refractivity contribution in [2.45, 2.75) is 303 Å². The van der Waals surface area contributed by atoms with Crippen molar-refractivity contribution < 1.29 is 37.3 Å². The summed E-state index contributed by atoms with van der Waals surface area (Å²) in [4.78, 5) is 39.9. The molecule has 0 saturated heterocycles. The number of unbranched alkanes of at least 4 members (excludes halogenated alkanes) is 34. The number of phosphoric acid groups is 1. The maximum atomic E-state index is 13.5. The highest BCUT2D eigenvalue weighted by Crippen LogP contribution is 2.38. The number of amides is 1. The van der Waals surface area contributed by atoms with Crippen molar-refractivity contribution in [1.82, 2.24) is 5.32 Å². The lowest BCUT2D eigenvalue weighted by molar-refractivity contribution is -0.870. The van der Waals surface area contributed by atoms with Crippen molar-refractivity contribution in [3.05, 3.63) is 48.6 Å². The number of hydrogen-bond acceptors (Lipinski definition) is 7. The van der Waals surface area contributed by atoms with Crippen LogP contribution in [-0.4, -0.2) is 69.4 Å². The fourth-order valence-corrected chi connectivity index (χ4v) is 9.62. The van der Waals surface area contributed by atoms with Crippen LogP contribution >= 0.6 is 7.82 Å². The molecule has 0 aliphatic heterocycles. The minimum Gasteiger partial charge on any atom is -0.756 e. The van der Waals surface area contributed by atoms with Gasteiger partial charge in [0.2, 0.25) is 5.91 Å². The van der Waals surface area contributed by atoms with E-state index in [-0.39, 0.29) is 24.9 Å². The highest BCUT2D eigenvalue weighted by atomic mass is 31.2. The summed E-state index contributed by atoms with van der Waals surface area (Å²) < 4.78 is 30.3. The highest BCUT2D eigenvalue weighted by molar-refractivity contribution is 7.45. The molecule has 0 aromatic rings. The third-order valence-corrected chi connectivity index (χ3v) is 14.7. The molecule has 0 radical (unpaired) electrons. The molecule has 0 fully saturated rings. The summed E-state index contributed by atoms with van der Waals surface area (Å²) in [5.41, 5.74) is 0. The molecule has 1 amide bonds. The van der Waals surface area contributed by atoms with Gasteiger partial charge < -0.3 is 28.5 Å². The zero-order valence-corrected chi connectivity index (χ0v) is 49.7. The van der Waals surface area contributed by atoms with E-state index < -0.39 is 26.6 Å². The lowest BCUT2D eigenvalue weighted by atomic mass is 10.0. The van der Waals surface area contributed by atoms with E-state index in [9.17, 15) is 19.0 Å². The second-order valence-electron chi connectivity index (χ2n) is 22.2. The molecular weight excluding hydrogens is 928 g/mol. The van der Waals surface area contributed by atoms with Crippen LogP contribution in [0.25, 0.3) is 0 Å². The number of carbonyl (C=O) groups excluding carboxylic acids is 2. The number of quaternary nitrogens is 1. The van der Waals surface area contributed by atoms with Gasteiger partial charge in [0.1, 0.15) is 19.3 Å². The van der Waals surface area contributed by atoms with Crippen LogP contribution in [0.2, 0.25) is 0 Å². The second-order valence-corrected chi connectivity index (χ2v) is 23.6. The van der Waals surface area contributed by atoms with Gasteiger partial charge in [-0.25, -0.2) is 0 Å². The summed E-state index contributed by atoms with van der Waals surface area (Å²) in [5.74, 6) is -0.554. The fraction of sp³-hybridized carbons (Fsp3) is 0.841. The van der Waals surface area contributed by atoms with Crippen LogP contribution in [0.1, 0.15) is 290 Å². The Hall–Kier alpha value is -2.03. The van der Waals surface area contributed by atoms with Gasteiger partial charge in [-0.2, -0.15) is 0 Å². The lowest BCUT2D eigenvalue weighted by Gasteiger charge is -2.30. The number of ether oxygens (including phenoxy) is 1. The molecule has 0 bridgehead atoms. The average Bonchev–Trinajstić information content (AvgIpc) is 3.35. The zero-order valence-electron chi connectivity index (χ0n) is 48.8. The third kappa shape index (κ3) is 54.6. The summed E-state index contributed by atoms with van der Waals surface area (Å²) in [6.07, 6.45) is 65.0. The topological polar surface area (TPSA) is 114 Å². The Labute approximate surface area is 452 Å². The van der Waals surface area contributed by atoms with Gasteiger partial charge in [0.05, 0.1) is 33.8 Å². The van der Waals surface area contributed by atoms with Gasteiger partial charge in [0.15, 0.2) is 0 Å². The van der Waals surface area contributed by atoms with Gasteiger partial charge in [-0.05, 0) is 89.5 Å². The number of phosphoric ester groups is 1. The summed E-state index contributed by atoms with van der Waals surface area (Å²) in [5, 5.41) is 3.02. The van der Waals surface area contributed by atoms with E-state index in [1.165, 1.54) is 180 Å². The Morgan fingerprint density at radius 3 is 1.29 bits per heavy atom. The largest absolute Gasteiger partial charge is 0.756 e. The number of rotatable bonds is 56. The maximum Gasteiger partial charge on any atom is 0.306 e. The standard InChI is InChI=1S/C63H119N2O7P/c1-7-10-13-16-19-22-25-28-30-31-32-33-34-35-36-38-41-44-47-50-53-56-63(67)72-61(54-51-48-45-42-39-27-24-21-18-15-12-9-3)60(59-71-73(68,69)70-58-57-65(4,5)6)64-62(66)55-52-49-46-43-40-37-29-26-23-20-17-14-11-8-2/h19,22,28,30,37,40,51,54,60-61H,7-18,20-21,23-27,29,31-36,38-39,41-50,52-53,55-59H2,1-6H3,(H-,64,66,68,69)/b22-19-,30-28-,40-37-,54-51-. The molecule has 0 aliphatic rings. The number of nitrogens with one attached hydrogen (secondary N) is 1. The van der Waals surface area contributed by atoms with Crippen LogP contribution in [0.15, 0.2) is 48.6 Å². The van der Waals surface area contributed by atoms with Crippen LogP contribution in [0, 0.1) is 0 Å². The Morgan fingerprint density at radius 2 is 0.836 bits per heavy atom. The molecule has 0 aromatic heterocycles. The van der Waals surface area contributed by atoms with Crippen LogP contribution in [0.3, 0.4) is 0 Å². The molecule has 0 aromatic carbocycles. The molecule has 0 saturated carbocycles. The summed E-state index contributed by atoms with van der Waals surface area (Å²) in [7, 11) is 1.18. The Morgan fingerprint density at radius 1 is 0.479 bits per heavy atom. The predicted octanol–water partition coefficient (Wildman–Crippen LogP) is 18.3. The molecule has 0 rings (SSSR count). The van der Waals surface area contributed by atoms with Crippen LogP contribution in [-0.2, 0) is 27.9 Å². The van der Waals surface area contributed by atoms with Gasteiger partial charge in [-0.3, -0.25) is 14.2 Å². The molecule has 0 spiro atoms. The SMILES string of the molecule is CCCCC/C=C\C/C=C\CCCCCCCCCCCCCC(=O)OC(/C=C\CCCCCCCCCCCC)C(COP(=O)([O-])OCC[N+](C)(C)C)NC(=O)CCCCC/C=C\CCCCCCCCC. The fourth-order valence-electron chi connectivity index (χ4n) is 8.90. The monoisotopic (exact) mass is 1050 g/mol.